The molecule has 0 bridgehead atoms. The van der Waals surface area contributed by atoms with Crippen molar-refractivity contribution in [2.75, 3.05) is 6.54 Å². The van der Waals surface area contributed by atoms with Gasteiger partial charge in [0.1, 0.15) is 0 Å². The fourth-order valence-electron chi connectivity index (χ4n) is 1.80. The van der Waals surface area contributed by atoms with Gasteiger partial charge in [-0.05, 0) is 42.3 Å². The average Bonchev–Trinajstić information content (AvgIpc) is 2.18. The summed E-state index contributed by atoms with van der Waals surface area (Å²) in [5, 5.41) is 3.28. The molecule has 0 spiro atoms. The highest BCUT2D eigenvalue weighted by Gasteiger charge is 2.06. The minimum Gasteiger partial charge on any atom is -0.387 e. The summed E-state index contributed by atoms with van der Waals surface area (Å²) in [5.41, 5.74) is 5.36. The number of allylic oxidation sites excluding steroid dienone is 2. The zero-order valence-corrected chi connectivity index (χ0v) is 8.67. The number of hydrogen-bond donors (Lipinski definition) is 1. The van der Waals surface area contributed by atoms with E-state index in [1.165, 1.54) is 22.3 Å². The minimum absolute atomic E-state index is 0.933. The third-order valence-corrected chi connectivity index (χ3v) is 2.52. The van der Waals surface area contributed by atoms with E-state index in [9.17, 15) is 0 Å². The van der Waals surface area contributed by atoms with E-state index in [1.54, 1.807) is 0 Å². The van der Waals surface area contributed by atoms with Crippen LogP contribution in [0.2, 0.25) is 0 Å². The van der Waals surface area contributed by atoms with Crippen LogP contribution >= 0.6 is 0 Å². The van der Waals surface area contributed by atoms with E-state index in [2.05, 4.69) is 55.7 Å². The maximum atomic E-state index is 3.28. The number of rotatable bonds is 1. The minimum atomic E-state index is 0.933. The fourth-order valence-corrected chi connectivity index (χ4v) is 1.80. The van der Waals surface area contributed by atoms with Crippen LogP contribution in [0.15, 0.2) is 42.1 Å². The second-order valence-electron chi connectivity index (χ2n) is 3.75. The van der Waals surface area contributed by atoms with Gasteiger partial charge in [-0.15, -0.1) is 0 Å². The van der Waals surface area contributed by atoms with Gasteiger partial charge in [-0.1, -0.05) is 30.3 Å². The highest BCUT2D eigenvalue weighted by atomic mass is 14.8. The van der Waals surface area contributed by atoms with Crippen LogP contribution in [0.1, 0.15) is 18.1 Å². The Kier molecular flexibility index (Phi) is 2.40. The number of aryl methyl sites for hydroxylation is 1. The molecule has 72 valence electrons. The van der Waals surface area contributed by atoms with Crippen molar-refractivity contribution in [2.24, 2.45) is 0 Å². The van der Waals surface area contributed by atoms with Crippen molar-refractivity contribution >= 4 is 5.57 Å². The van der Waals surface area contributed by atoms with Crippen LogP contribution in [-0.4, -0.2) is 6.54 Å². The van der Waals surface area contributed by atoms with Crippen molar-refractivity contribution in [1.29, 1.82) is 0 Å². The highest BCUT2D eigenvalue weighted by molar-refractivity contribution is 5.72. The second kappa shape index (κ2) is 3.70. The van der Waals surface area contributed by atoms with E-state index >= 15 is 0 Å². The smallest absolute Gasteiger partial charge is 0.0401 e. The van der Waals surface area contributed by atoms with E-state index in [0.29, 0.717) is 0 Å². The van der Waals surface area contributed by atoms with Crippen LogP contribution in [0.4, 0.5) is 0 Å². The molecule has 0 fully saturated rings. The Labute approximate surface area is 85.2 Å². The van der Waals surface area contributed by atoms with Crippen molar-refractivity contribution in [1.82, 2.24) is 5.32 Å². The average molecular weight is 185 g/mol. The molecular weight excluding hydrogens is 170 g/mol. The molecule has 2 rings (SSSR count). The summed E-state index contributed by atoms with van der Waals surface area (Å²) < 4.78 is 0. The van der Waals surface area contributed by atoms with Crippen LogP contribution in [0.25, 0.3) is 5.57 Å². The Hall–Kier alpha value is -1.50. The molecule has 0 atom stereocenters. The van der Waals surface area contributed by atoms with E-state index in [0.717, 1.165) is 6.54 Å². The van der Waals surface area contributed by atoms with Gasteiger partial charge in [-0.25, -0.2) is 0 Å². The first kappa shape index (κ1) is 9.07. The van der Waals surface area contributed by atoms with Gasteiger partial charge in [0.2, 0.25) is 0 Å². The Bertz CT molecular complexity index is 399. The SMILES string of the molecule is CC1=CNCC(c2ccccc2C)=C1. The van der Waals surface area contributed by atoms with Gasteiger partial charge in [-0.2, -0.15) is 0 Å². The maximum Gasteiger partial charge on any atom is 0.0401 e. The molecule has 0 saturated heterocycles. The lowest BCUT2D eigenvalue weighted by atomic mass is 9.97. The molecule has 0 saturated carbocycles. The molecule has 1 aromatic carbocycles. The largest absolute Gasteiger partial charge is 0.387 e. The summed E-state index contributed by atoms with van der Waals surface area (Å²) in [4.78, 5) is 0. The van der Waals surface area contributed by atoms with Crippen LogP contribution in [0, 0.1) is 6.92 Å². The fraction of sp³-hybridized carbons (Fsp3) is 0.231. The van der Waals surface area contributed by atoms with Gasteiger partial charge in [0, 0.05) is 6.54 Å². The number of dihydropyridines is 1. The predicted octanol–water partition coefficient (Wildman–Crippen LogP) is 2.89. The van der Waals surface area contributed by atoms with Gasteiger partial charge < -0.3 is 5.32 Å². The molecule has 0 unspecified atom stereocenters. The number of nitrogens with one attached hydrogen (secondary N) is 1. The lowest BCUT2D eigenvalue weighted by Gasteiger charge is -2.15. The van der Waals surface area contributed by atoms with Crippen molar-refractivity contribution in [3.05, 3.63) is 53.2 Å². The van der Waals surface area contributed by atoms with Crippen molar-refractivity contribution in [3.8, 4) is 0 Å². The third kappa shape index (κ3) is 1.72. The van der Waals surface area contributed by atoms with Gasteiger partial charge in [0.25, 0.3) is 0 Å². The molecule has 0 aliphatic carbocycles. The van der Waals surface area contributed by atoms with Gasteiger partial charge in [-0.3, -0.25) is 0 Å². The Balaban J connectivity index is 2.41. The Morgan fingerprint density at radius 1 is 1.14 bits per heavy atom. The lowest BCUT2D eigenvalue weighted by Crippen LogP contribution is -2.14. The molecule has 14 heavy (non-hydrogen) atoms. The summed E-state index contributed by atoms with van der Waals surface area (Å²) in [6.07, 6.45) is 4.31. The zero-order chi connectivity index (χ0) is 9.97. The molecule has 0 amide bonds. The summed E-state index contributed by atoms with van der Waals surface area (Å²) in [5.74, 6) is 0. The van der Waals surface area contributed by atoms with Crippen LogP contribution in [-0.2, 0) is 0 Å². The standard InChI is InChI=1S/C13H15N/c1-10-7-12(9-14-8-10)13-6-4-3-5-11(13)2/h3-8,14H,9H2,1-2H3. The number of hydrogen-bond acceptors (Lipinski definition) is 1. The van der Waals surface area contributed by atoms with Crippen LogP contribution in [0.3, 0.4) is 0 Å². The van der Waals surface area contributed by atoms with Crippen molar-refractivity contribution in [2.45, 2.75) is 13.8 Å². The first-order valence-corrected chi connectivity index (χ1v) is 4.94. The topological polar surface area (TPSA) is 12.0 Å². The quantitative estimate of drug-likeness (QED) is 0.709. The monoisotopic (exact) mass is 185 g/mol. The molecule has 1 aliphatic heterocycles. The first-order chi connectivity index (χ1) is 6.77. The molecular formula is C13H15N. The van der Waals surface area contributed by atoms with E-state index in [4.69, 9.17) is 0 Å². The molecule has 1 aromatic rings. The summed E-state index contributed by atoms with van der Waals surface area (Å²) in [7, 11) is 0. The molecule has 1 nitrogen and oxygen atoms in total. The van der Waals surface area contributed by atoms with Gasteiger partial charge in [0.15, 0.2) is 0 Å². The molecule has 0 radical (unpaired) electrons. The summed E-state index contributed by atoms with van der Waals surface area (Å²) >= 11 is 0. The van der Waals surface area contributed by atoms with Crippen LogP contribution in [0.5, 0.6) is 0 Å². The third-order valence-electron chi connectivity index (χ3n) is 2.52. The van der Waals surface area contributed by atoms with Gasteiger partial charge in [0.05, 0.1) is 0 Å². The molecule has 1 heteroatoms. The summed E-state index contributed by atoms with van der Waals surface area (Å²) in [6.45, 7) is 5.20. The van der Waals surface area contributed by atoms with E-state index in [-0.39, 0.29) is 0 Å². The molecule has 1 heterocycles. The zero-order valence-electron chi connectivity index (χ0n) is 8.67. The normalized spacial score (nSPS) is 15.6. The second-order valence-corrected chi connectivity index (χ2v) is 3.75. The number of benzene rings is 1. The van der Waals surface area contributed by atoms with Crippen LogP contribution < -0.4 is 5.32 Å². The van der Waals surface area contributed by atoms with Gasteiger partial charge >= 0.3 is 0 Å². The Morgan fingerprint density at radius 2 is 1.93 bits per heavy atom. The predicted molar refractivity (Wildman–Crippen MR) is 60.9 cm³/mol. The Morgan fingerprint density at radius 3 is 2.64 bits per heavy atom. The first-order valence-electron chi connectivity index (χ1n) is 4.94. The maximum absolute atomic E-state index is 3.28. The molecule has 1 aliphatic rings. The van der Waals surface area contributed by atoms with E-state index < -0.39 is 0 Å². The van der Waals surface area contributed by atoms with E-state index in [1.807, 2.05) is 0 Å². The summed E-state index contributed by atoms with van der Waals surface area (Å²) in [6, 6.07) is 8.51. The van der Waals surface area contributed by atoms with Crippen molar-refractivity contribution < 1.29 is 0 Å². The highest BCUT2D eigenvalue weighted by Crippen LogP contribution is 2.21. The lowest BCUT2D eigenvalue weighted by molar-refractivity contribution is 0.967. The van der Waals surface area contributed by atoms with Crippen molar-refractivity contribution in [3.63, 3.8) is 0 Å². The molecule has 0 aromatic heterocycles. The molecule has 1 N–H and O–H groups in total.